The van der Waals surface area contributed by atoms with Gasteiger partial charge in [0.25, 0.3) is 0 Å². The van der Waals surface area contributed by atoms with E-state index in [2.05, 4.69) is 24.1 Å². The molecule has 86 valence electrons. The molecule has 2 heteroatoms. The van der Waals surface area contributed by atoms with Crippen molar-refractivity contribution in [3.63, 3.8) is 0 Å². The zero-order valence-corrected chi connectivity index (χ0v) is 9.76. The van der Waals surface area contributed by atoms with E-state index in [-0.39, 0.29) is 0 Å². The molecule has 2 heterocycles. The molecule has 3 fully saturated rings. The molecule has 16 heavy (non-hydrogen) atoms. The second-order valence-corrected chi connectivity index (χ2v) is 5.39. The summed E-state index contributed by atoms with van der Waals surface area (Å²) in [5.41, 5.74) is 0.480. The van der Waals surface area contributed by atoms with Gasteiger partial charge in [-0.05, 0) is 37.8 Å². The average molecular weight is 217 g/mol. The van der Waals surface area contributed by atoms with Crippen LogP contribution >= 0.6 is 0 Å². The summed E-state index contributed by atoms with van der Waals surface area (Å²) in [5.74, 6) is 0.667. The number of nitrogens with zero attached hydrogens (tertiary/aromatic N) is 1. The molecular formula is C14H19NO. The largest absolute Gasteiger partial charge is 0.384 e. The van der Waals surface area contributed by atoms with E-state index in [1.54, 1.807) is 0 Å². The quantitative estimate of drug-likeness (QED) is 0.777. The highest BCUT2D eigenvalue weighted by atomic mass is 16.3. The molecule has 2 nitrogen and oxygen atoms in total. The van der Waals surface area contributed by atoms with Gasteiger partial charge in [-0.25, -0.2) is 0 Å². The van der Waals surface area contributed by atoms with Gasteiger partial charge in [-0.1, -0.05) is 30.3 Å². The first-order valence-corrected chi connectivity index (χ1v) is 6.18. The Bertz CT molecular complexity index is 378. The number of benzene rings is 1. The summed E-state index contributed by atoms with van der Waals surface area (Å²) in [6.45, 7) is 1.15. The van der Waals surface area contributed by atoms with E-state index in [9.17, 15) is 5.11 Å². The Hall–Kier alpha value is -0.860. The Morgan fingerprint density at radius 3 is 2.62 bits per heavy atom. The maximum Gasteiger partial charge on any atom is 0.105 e. The van der Waals surface area contributed by atoms with E-state index in [0.717, 1.165) is 24.9 Å². The summed E-state index contributed by atoms with van der Waals surface area (Å²) >= 11 is 0. The van der Waals surface area contributed by atoms with E-state index in [1.165, 1.54) is 6.42 Å². The molecule has 0 amide bonds. The van der Waals surface area contributed by atoms with E-state index in [1.807, 2.05) is 18.2 Å². The lowest BCUT2D eigenvalue weighted by Crippen LogP contribution is -2.59. The van der Waals surface area contributed by atoms with Crippen molar-refractivity contribution in [3.05, 3.63) is 35.9 Å². The van der Waals surface area contributed by atoms with Gasteiger partial charge in [0.05, 0.1) is 0 Å². The van der Waals surface area contributed by atoms with E-state index in [0.29, 0.717) is 12.0 Å². The third-order valence-corrected chi connectivity index (χ3v) is 4.35. The Balaban J connectivity index is 1.99. The third kappa shape index (κ3) is 1.40. The lowest BCUT2D eigenvalue weighted by atomic mass is 9.67. The molecule has 4 rings (SSSR count). The van der Waals surface area contributed by atoms with Crippen LogP contribution in [0.2, 0.25) is 0 Å². The monoisotopic (exact) mass is 217 g/mol. The van der Waals surface area contributed by atoms with Gasteiger partial charge in [-0.3, -0.25) is 4.90 Å². The van der Waals surface area contributed by atoms with Crippen molar-refractivity contribution in [2.45, 2.75) is 30.9 Å². The average Bonchev–Trinajstić information content (AvgIpc) is 2.30. The second kappa shape index (κ2) is 3.57. The molecule has 0 spiro atoms. The Labute approximate surface area is 96.9 Å². The van der Waals surface area contributed by atoms with Crippen molar-refractivity contribution in [2.24, 2.45) is 5.92 Å². The first-order valence-electron chi connectivity index (χ1n) is 6.18. The Morgan fingerprint density at radius 2 is 2.00 bits per heavy atom. The van der Waals surface area contributed by atoms with Crippen molar-refractivity contribution in [2.75, 3.05) is 13.6 Å². The minimum absolute atomic E-state index is 0.305. The van der Waals surface area contributed by atoms with Gasteiger partial charge < -0.3 is 5.11 Å². The fraction of sp³-hybridized carbons (Fsp3) is 0.571. The maximum absolute atomic E-state index is 11.0. The number of likely N-dealkylation sites (N-methyl/N-ethyl adjacent to an activating group) is 1. The van der Waals surface area contributed by atoms with E-state index >= 15 is 0 Å². The third-order valence-electron chi connectivity index (χ3n) is 4.35. The molecule has 1 aliphatic carbocycles. The molecule has 2 aliphatic heterocycles. The van der Waals surface area contributed by atoms with Crippen molar-refractivity contribution >= 4 is 0 Å². The van der Waals surface area contributed by atoms with Crippen LogP contribution in [0.25, 0.3) is 0 Å². The molecule has 1 aromatic rings. The van der Waals surface area contributed by atoms with Crippen molar-refractivity contribution in [1.82, 2.24) is 4.90 Å². The fourth-order valence-corrected chi connectivity index (χ4v) is 3.62. The van der Waals surface area contributed by atoms with Crippen LogP contribution in [-0.4, -0.2) is 29.6 Å². The molecule has 0 aromatic heterocycles. The molecule has 1 N–H and O–H groups in total. The highest BCUT2D eigenvalue weighted by Gasteiger charge is 2.49. The van der Waals surface area contributed by atoms with Crippen LogP contribution in [0, 0.1) is 5.92 Å². The summed E-state index contributed by atoms with van der Waals surface area (Å²) in [7, 11) is 2.14. The Morgan fingerprint density at radius 1 is 1.25 bits per heavy atom. The second-order valence-electron chi connectivity index (χ2n) is 5.39. The molecular weight excluding hydrogens is 198 g/mol. The first-order chi connectivity index (χ1) is 7.70. The van der Waals surface area contributed by atoms with Gasteiger partial charge in [0.2, 0.25) is 0 Å². The van der Waals surface area contributed by atoms with Crippen LogP contribution < -0.4 is 0 Å². The number of hydrogen-bond acceptors (Lipinski definition) is 2. The molecule has 3 aliphatic rings. The summed E-state index contributed by atoms with van der Waals surface area (Å²) in [4.78, 5) is 2.34. The van der Waals surface area contributed by atoms with Crippen LogP contribution in [0.15, 0.2) is 30.3 Å². The van der Waals surface area contributed by atoms with Crippen molar-refractivity contribution < 1.29 is 5.11 Å². The van der Waals surface area contributed by atoms with Gasteiger partial charge in [-0.2, -0.15) is 0 Å². The highest BCUT2D eigenvalue weighted by molar-refractivity contribution is 5.26. The summed E-state index contributed by atoms with van der Waals surface area (Å²) < 4.78 is 0. The molecule has 3 atom stereocenters. The predicted molar refractivity (Wildman–Crippen MR) is 64.1 cm³/mol. The zero-order valence-electron chi connectivity index (χ0n) is 9.76. The molecule has 2 saturated heterocycles. The van der Waals surface area contributed by atoms with Gasteiger partial charge in [-0.15, -0.1) is 0 Å². The number of hydrogen-bond donors (Lipinski definition) is 1. The van der Waals surface area contributed by atoms with E-state index < -0.39 is 5.60 Å². The predicted octanol–water partition coefficient (Wildman–Crippen LogP) is 1.99. The minimum Gasteiger partial charge on any atom is -0.384 e. The molecule has 2 bridgehead atoms. The van der Waals surface area contributed by atoms with Crippen LogP contribution in [0.4, 0.5) is 0 Å². The SMILES string of the molecule is CN1CC2CCC1C(O)(c1ccccc1)C2. The number of aliphatic hydroxyl groups is 1. The molecule has 3 unspecified atom stereocenters. The Kier molecular flexibility index (Phi) is 2.30. The van der Waals surface area contributed by atoms with Gasteiger partial charge in [0.15, 0.2) is 0 Å². The first kappa shape index (κ1) is 10.3. The van der Waals surface area contributed by atoms with Crippen LogP contribution in [0.5, 0.6) is 0 Å². The van der Waals surface area contributed by atoms with Gasteiger partial charge in [0.1, 0.15) is 5.60 Å². The minimum atomic E-state index is -0.614. The zero-order chi connectivity index (χ0) is 11.2. The van der Waals surface area contributed by atoms with Gasteiger partial charge >= 0.3 is 0 Å². The summed E-state index contributed by atoms with van der Waals surface area (Å²) in [5, 5.41) is 11.0. The van der Waals surface area contributed by atoms with Crippen LogP contribution in [0.3, 0.4) is 0 Å². The van der Waals surface area contributed by atoms with Crippen molar-refractivity contribution in [1.29, 1.82) is 0 Å². The standard InChI is InChI=1S/C14H19NO/c1-15-10-11-7-8-13(15)14(16,9-11)12-5-3-2-4-6-12/h2-6,11,13,16H,7-10H2,1H3. The lowest BCUT2D eigenvalue weighted by Gasteiger charge is -2.53. The molecule has 1 saturated carbocycles. The molecule has 0 radical (unpaired) electrons. The summed E-state index contributed by atoms with van der Waals surface area (Å²) in [6.07, 6.45) is 3.35. The van der Waals surface area contributed by atoms with Crippen molar-refractivity contribution in [3.8, 4) is 0 Å². The highest BCUT2D eigenvalue weighted by Crippen LogP contribution is 2.46. The normalized spacial score (nSPS) is 38.9. The smallest absolute Gasteiger partial charge is 0.105 e. The number of rotatable bonds is 1. The van der Waals surface area contributed by atoms with Gasteiger partial charge in [0, 0.05) is 12.6 Å². The maximum atomic E-state index is 11.0. The van der Waals surface area contributed by atoms with E-state index in [4.69, 9.17) is 0 Å². The van der Waals surface area contributed by atoms with Crippen LogP contribution in [-0.2, 0) is 5.60 Å². The fourth-order valence-electron chi connectivity index (χ4n) is 3.62. The summed E-state index contributed by atoms with van der Waals surface area (Å²) in [6, 6.07) is 10.5. The number of fused-ring (bicyclic) bond motifs is 3. The van der Waals surface area contributed by atoms with Crippen LogP contribution in [0.1, 0.15) is 24.8 Å². The number of piperidine rings is 2. The molecule has 1 aromatic carbocycles. The lowest BCUT2D eigenvalue weighted by molar-refractivity contribution is -0.129. The topological polar surface area (TPSA) is 23.5 Å².